The molecule has 0 saturated carbocycles. The van der Waals surface area contributed by atoms with Crippen LogP contribution in [0.15, 0.2) is 0 Å². The Balaban J connectivity index is 2.92. The number of hydrogen-bond acceptors (Lipinski definition) is 3. The average molecular weight is 164 g/mol. The van der Waals surface area contributed by atoms with Gasteiger partial charge in [-0.1, -0.05) is 0 Å². The fraction of sp³-hybridized carbons (Fsp3) is 1.00. The second-order valence-electron chi connectivity index (χ2n) is 3.32. The van der Waals surface area contributed by atoms with Crippen molar-refractivity contribution in [2.24, 2.45) is 0 Å². The van der Waals surface area contributed by atoms with Crippen LogP contribution in [0.1, 0.15) is 20.3 Å². The highest BCUT2D eigenvalue weighted by Gasteiger charge is 2.42. The molecule has 2 atom stereocenters. The number of aliphatic hydroxyl groups is 1. The molecule has 0 aliphatic carbocycles. The minimum atomic E-state index is -2.98. The first-order chi connectivity index (χ1) is 4.33. The Kier molecular flexibility index (Phi) is 1.56. The van der Waals surface area contributed by atoms with Gasteiger partial charge in [0.25, 0.3) is 0 Å². The zero-order valence-corrected chi connectivity index (χ0v) is 6.98. The molecule has 1 heterocycles. The first-order valence-corrected chi connectivity index (χ1v) is 4.99. The summed E-state index contributed by atoms with van der Waals surface area (Å²) < 4.78 is 22.0. The molecule has 1 rings (SSSR count). The zero-order valence-electron chi connectivity index (χ0n) is 6.16. The van der Waals surface area contributed by atoms with E-state index in [1.807, 2.05) is 0 Å². The maximum Gasteiger partial charge on any atom is 0.155 e. The highest BCUT2D eigenvalue weighted by atomic mass is 32.2. The van der Waals surface area contributed by atoms with Crippen molar-refractivity contribution in [3.05, 3.63) is 0 Å². The van der Waals surface area contributed by atoms with Crippen LogP contribution in [0.4, 0.5) is 0 Å². The molecule has 1 aliphatic heterocycles. The molecule has 60 valence electrons. The summed E-state index contributed by atoms with van der Waals surface area (Å²) in [6.07, 6.45) is 0.370. The largest absolute Gasteiger partial charge is 0.389 e. The normalized spacial score (nSPS) is 45.7. The molecule has 3 nitrogen and oxygen atoms in total. The van der Waals surface area contributed by atoms with Gasteiger partial charge in [0, 0.05) is 0 Å². The summed E-state index contributed by atoms with van der Waals surface area (Å²) in [5, 5.41) is 8.95. The maximum atomic E-state index is 11.0. The van der Waals surface area contributed by atoms with Crippen LogP contribution in [0.5, 0.6) is 0 Å². The molecule has 0 bridgehead atoms. The molecule has 0 spiro atoms. The van der Waals surface area contributed by atoms with Crippen molar-refractivity contribution in [2.45, 2.75) is 31.1 Å². The molecule has 1 aliphatic rings. The lowest BCUT2D eigenvalue weighted by Crippen LogP contribution is -2.24. The lowest BCUT2D eigenvalue weighted by atomic mass is 10.0. The van der Waals surface area contributed by atoms with Gasteiger partial charge in [0.15, 0.2) is 9.84 Å². The highest BCUT2D eigenvalue weighted by Crippen LogP contribution is 2.28. The van der Waals surface area contributed by atoms with Crippen molar-refractivity contribution in [1.82, 2.24) is 0 Å². The minimum Gasteiger partial charge on any atom is -0.389 e. The van der Waals surface area contributed by atoms with Gasteiger partial charge in [0.2, 0.25) is 0 Å². The molecule has 1 N–H and O–H groups in total. The van der Waals surface area contributed by atoms with Crippen molar-refractivity contribution in [2.75, 3.05) is 5.75 Å². The van der Waals surface area contributed by atoms with Gasteiger partial charge < -0.3 is 5.11 Å². The van der Waals surface area contributed by atoms with Crippen molar-refractivity contribution in [1.29, 1.82) is 0 Å². The minimum absolute atomic E-state index is 0.0822. The molecule has 0 amide bonds. The van der Waals surface area contributed by atoms with Crippen LogP contribution >= 0.6 is 0 Å². The van der Waals surface area contributed by atoms with Gasteiger partial charge in [-0.2, -0.15) is 0 Å². The van der Waals surface area contributed by atoms with Crippen molar-refractivity contribution in [3.8, 4) is 0 Å². The van der Waals surface area contributed by atoms with E-state index < -0.39 is 15.4 Å². The molecule has 4 heteroatoms. The van der Waals surface area contributed by atoms with Crippen LogP contribution in [0.25, 0.3) is 0 Å². The predicted octanol–water partition coefficient (Wildman–Crippen LogP) is -0.0556. The summed E-state index contributed by atoms with van der Waals surface area (Å²) >= 11 is 0. The molecule has 0 unspecified atom stereocenters. The van der Waals surface area contributed by atoms with E-state index >= 15 is 0 Å². The monoisotopic (exact) mass is 164 g/mol. The van der Waals surface area contributed by atoms with E-state index in [0.29, 0.717) is 6.42 Å². The van der Waals surface area contributed by atoms with E-state index in [-0.39, 0.29) is 11.0 Å². The van der Waals surface area contributed by atoms with Crippen molar-refractivity contribution >= 4 is 9.84 Å². The Hall–Kier alpha value is -0.0900. The van der Waals surface area contributed by atoms with Gasteiger partial charge in [-0.25, -0.2) is 8.42 Å². The molecule has 1 fully saturated rings. The molecule has 0 aromatic heterocycles. The van der Waals surface area contributed by atoms with Crippen LogP contribution < -0.4 is 0 Å². The van der Waals surface area contributed by atoms with Gasteiger partial charge in [-0.05, 0) is 20.3 Å². The molecule has 10 heavy (non-hydrogen) atoms. The van der Waals surface area contributed by atoms with E-state index in [2.05, 4.69) is 0 Å². The Morgan fingerprint density at radius 3 is 2.20 bits per heavy atom. The Morgan fingerprint density at radius 1 is 1.60 bits per heavy atom. The van der Waals surface area contributed by atoms with E-state index in [1.54, 1.807) is 13.8 Å². The van der Waals surface area contributed by atoms with Crippen LogP contribution in [-0.2, 0) is 9.84 Å². The van der Waals surface area contributed by atoms with Gasteiger partial charge in [0.1, 0.15) is 0 Å². The first-order valence-electron chi connectivity index (χ1n) is 3.27. The standard InChI is InChI=1S/C6H12O3S/c1-5-3-6(2,7)4-10(5,8)9/h5,7H,3-4H2,1-2H3/t5-,6-/m0/s1. The van der Waals surface area contributed by atoms with E-state index in [9.17, 15) is 13.5 Å². The summed E-state index contributed by atoms with van der Waals surface area (Å²) in [6, 6.07) is 0. The fourth-order valence-corrected chi connectivity index (χ4v) is 3.26. The molecule has 0 aromatic carbocycles. The third-order valence-corrected chi connectivity index (χ3v) is 4.27. The summed E-state index contributed by atoms with van der Waals surface area (Å²) in [7, 11) is -2.98. The highest BCUT2D eigenvalue weighted by molar-refractivity contribution is 7.92. The number of sulfone groups is 1. The summed E-state index contributed by atoms with van der Waals surface area (Å²) in [6.45, 7) is 3.20. The smallest absolute Gasteiger partial charge is 0.155 e. The Morgan fingerprint density at radius 2 is 2.10 bits per heavy atom. The number of rotatable bonds is 0. The lowest BCUT2D eigenvalue weighted by molar-refractivity contribution is 0.0840. The van der Waals surface area contributed by atoms with Crippen LogP contribution in [-0.4, -0.2) is 30.1 Å². The van der Waals surface area contributed by atoms with E-state index in [4.69, 9.17) is 0 Å². The third-order valence-electron chi connectivity index (χ3n) is 1.85. The van der Waals surface area contributed by atoms with Gasteiger partial charge in [-0.15, -0.1) is 0 Å². The van der Waals surface area contributed by atoms with Crippen LogP contribution in [0, 0.1) is 0 Å². The Labute approximate surface area is 61.0 Å². The van der Waals surface area contributed by atoms with Gasteiger partial charge in [-0.3, -0.25) is 0 Å². The molecule has 0 aromatic rings. The third kappa shape index (κ3) is 1.32. The number of hydrogen-bond donors (Lipinski definition) is 1. The Bertz CT molecular complexity index is 227. The van der Waals surface area contributed by atoms with Crippen molar-refractivity contribution < 1.29 is 13.5 Å². The maximum absolute atomic E-state index is 11.0. The second-order valence-corrected chi connectivity index (χ2v) is 5.74. The summed E-state index contributed by atoms with van der Waals surface area (Å²) in [4.78, 5) is 0. The van der Waals surface area contributed by atoms with Gasteiger partial charge >= 0.3 is 0 Å². The topological polar surface area (TPSA) is 54.4 Å². The molecular formula is C6H12O3S. The SMILES string of the molecule is C[C@H]1C[C@](C)(O)CS1(=O)=O. The lowest BCUT2D eigenvalue weighted by Gasteiger charge is -2.11. The fourth-order valence-electron chi connectivity index (χ4n) is 1.38. The van der Waals surface area contributed by atoms with Crippen molar-refractivity contribution in [3.63, 3.8) is 0 Å². The quantitative estimate of drug-likeness (QED) is 0.546. The van der Waals surface area contributed by atoms with E-state index in [1.165, 1.54) is 0 Å². The first kappa shape index (κ1) is 8.01. The summed E-state index contributed by atoms with van der Waals surface area (Å²) in [5.74, 6) is -0.0822. The summed E-state index contributed by atoms with van der Waals surface area (Å²) in [5.41, 5.74) is -0.988. The van der Waals surface area contributed by atoms with Crippen LogP contribution in [0.2, 0.25) is 0 Å². The second kappa shape index (κ2) is 1.95. The molecule has 1 saturated heterocycles. The predicted molar refractivity (Wildman–Crippen MR) is 38.5 cm³/mol. The zero-order chi connectivity index (χ0) is 7.99. The van der Waals surface area contributed by atoms with Crippen LogP contribution in [0.3, 0.4) is 0 Å². The average Bonchev–Trinajstić information content (AvgIpc) is 1.73. The van der Waals surface area contributed by atoms with E-state index in [0.717, 1.165) is 0 Å². The van der Waals surface area contributed by atoms with Gasteiger partial charge in [0.05, 0.1) is 16.6 Å². The molecule has 0 radical (unpaired) electrons. The molecular weight excluding hydrogens is 152 g/mol.